The Bertz CT molecular complexity index is 576. The van der Waals surface area contributed by atoms with Crippen LogP contribution in [-0.2, 0) is 0 Å². The molecule has 1 fully saturated rings. The molecule has 2 heterocycles. The molecule has 0 saturated carbocycles. The second-order valence-electron chi connectivity index (χ2n) is 5.19. The zero-order valence-electron chi connectivity index (χ0n) is 11.2. The van der Waals surface area contributed by atoms with Gasteiger partial charge in [-0.1, -0.05) is 0 Å². The van der Waals surface area contributed by atoms with Crippen LogP contribution in [0.2, 0.25) is 0 Å². The number of aromatic nitrogens is 2. The van der Waals surface area contributed by atoms with Crippen LogP contribution in [0.1, 0.15) is 34.9 Å². The summed E-state index contributed by atoms with van der Waals surface area (Å²) < 4.78 is 0. The zero-order chi connectivity index (χ0) is 13.9. The summed E-state index contributed by atoms with van der Waals surface area (Å²) in [5.74, 6) is 1.34. The average Bonchev–Trinajstić information content (AvgIpc) is 3.02. The number of likely N-dealkylation sites (tertiary alicyclic amines) is 1. The lowest BCUT2D eigenvalue weighted by molar-refractivity contribution is 0.0705. The molecule has 0 bridgehead atoms. The highest BCUT2D eigenvalue weighted by Gasteiger charge is 2.26. The van der Waals surface area contributed by atoms with Gasteiger partial charge < -0.3 is 15.6 Å². The molecular formula is C15H18N4O. The Hall–Kier alpha value is -2.30. The van der Waals surface area contributed by atoms with Gasteiger partial charge >= 0.3 is 0 Å². The van der Waals surface area contributed by atoms with E-state index in [2.05, 4.69) is 9.97 Å². The highest BCUT2D eigenvalue weighted by Crippen LogP contribution is 2.25. The maximum absolute atomic E-state index is 12.5. The highest BCUT2D eigenvalue weighted by molar-refractivity contribution is 5.94. The Balaban J connectivity index is 1.73. The number of rotatable bonds is 2. The van der Waals surface area contributed by atoms with Gasteiger partial charge in [-0.2, -0.15) is 0 Å². The summed E-state index contributed by atoms with van der Waals surface area (Å²) in [5, 5.41) is 0. The van der Waals surface area contributed by atoms with Crippen molar-refractivity contribution in [1.82, 2.24) is 14.9 Å². The number of anilines is 1. The molecule has 104 valence electrons. The molecule has 3 rings (SSSR count). The van der Waals surface area contributed by atoms with E-state index in [1.54, 1.807) is 30.5 Å². The molecule has 1 atom stereocenters. The van der Waals surface area contributed by atoms with E-state index in [-0.39, 0.29) is 5.91 Å². The Morgan fingerprint density at radius 1 is 1.35 bits per heavy atom. The number of carbonyl (C=O) groups excluding carboxylic acids is 1. The summed E-state index contributed by atoms with van der Waals surface area (Å²) in [5.41, 5.74) is 7.02. The van der Waals surface area contributed by atoms with Crippen LogP contribution in [-0.4, -0.2) is 33.9 Å². The van der Waals surface area contributed by atoms with Crippen molar-refractivity contribution in [2.45, 2.75) is 18.8 Å². The van der Waals surface area contributed by atoms with Gasteiger partial charge in [0.05, 0.1) is 0 Å². The van der Waals surface area contributed by atoms with E-state index in [4.69, 9.17) is 5.73 Å². The Morgan fingerprint density at radius 3 is 2.85 bits per heavy atom. The van der Waals surface area contributed by atoms with E-state index in [1.807, 2.05) is 11.1 Å². The zero-order valence-corrected chi connectivity index (χ0v) is 11.2. The second kappa shape index (κ2) is 5.36. The van der Waals surface area contributed by atoms with Crippen LogP contribution in [0.15, 0.2) is 36.7 Å². The number of nitrogen functional groups attached to an aromatic ring is 1. The molecule has 2 aromatic rings. The molecule has 0 radical (unpaired) electrons. The molecule has 1 unspecified atom stereocenters. The SMILES string of the molecule is Nc1ccc(C(=O)N2CCCC(c3ncc[nH]3)C2)cc1. The number of imidazole rings is 1. The van der Waals surface area contributed by atoms with E-state index >= 15 is 0 Å². The summed E-state index contributed by atoms with van der Waals surface area (Å²) in [6.45, 7) is 1.52. The third-order valence-electron chi connectivity index (χ3n) is 3.77. The van der Waals surface area contributed by atoms with Crippen LogP contribution in [0.4, 0.5) is 5.69 Å². The number of hydrogen-bond donors (Lipinski definition) is 2. The standard InChI is InChI=1S/C15H18N4O/c16-13-5-3-11(4-6-13)15(20)19-9-1-2-12(10-19)14-17-7-8-18-14/h3-8,12H,1-2,9-10,16H2,(H,17,18). The molecule has 1 aromatic carbocycles. The highest BCUT2D eigenvalue weighted by atomic mass is 16.2. The topological polar surface area (TPSA) is 75.0 Å². The van der Waals surface area contributed by atoms with Gasteiger partial charge in [-0.25, -0.2) is 4.98 Å². The predicted octanol–water partition coefficient (Wildman–Crippen LogP) is 2.01. The molecule has 3 N–H and O–H groups in total. The third kappa shape index (κ3) is 2.52. The molecular weight excluding hydrogens is 252 g/mol. The van der Waals surface area contributed by atoms with Gasteiger partial charge in [0.15, 0.2) is 0 Å². The summed E-state index contributed by atoms with van der Waals surface area (Å²) >= 11 is 0. The first-order chi connectivity index (χ1) is 9.74. The van der Waals surface area contributed by atoms with E-state index in [0.29, 0.717) is 17.2 Å². The predicted molar refractivity (Wildman–Crippen MR) is 77.3 cm³/mol. The summed E-state index contributed by atoms with van der Waals surface area (Å²) in [6.07, 6.45) is 5.66. The van der Waals surface area contributed by atoms with Crippen LogP contribution in [0.25, 0.3) is 0 Å². The van der Waals surface area contributed by atoms with Gasteiger partial charge in [0.1, 0.15) is 5.82 Å². The molecule has 1 aliphatic heterocycles. The van der Waals surface area contributed by atoms with Crippen molar-refractivity contribution in [3.8, 4) is 0 Å². The van der Waals surface area contributed by atoms with Gasteiger partial charge in [0, 0.05) is 42.7 Å². The first-order valence-electron chi connectivity index (χ1n) is 6.88. The number of amides is 1. The van der Waals surface area contributed by atoms with Crippen molar-refractivity contribution < 1.29 is 4.79 Å². The van der Waals surface area contributed by atoms with Gasteiger partial charge in [0.2, 0.25) is 0 Å². The van der Waals surface area contributed by atoms with E-state index in [9.17, 15) is 4.79 Å². The van der Waals surface area contributed by atoms with Crippen molar-refractivity contribution in [3.05, 3.63) is 48.0 Å². The van der Waals surface area contributed by atoms with Crippen LogP contribution >= 0.6 is 0 Å². The fourth-order valence-electron chi connectivity index (χ4n) is 2.69. The van der Waals surface area contributed by atoms with Crippen molar-refractivity contribution in [2.24, 2.45) is 0 Å². The quantitative estimate of drug-likeness (QED) is 0.820. The van der Waals surface area contributed by atoms with Gasteiger partial charge in [-0.3, -0.25) is 4.79 Å². The molecule has 5 heteroatoms. The monoisotopic (exact) mass is 270 g/mol. The van der Waals surface area contributed by atoms with Crippen LogP contribution in [0.3, 0.4) is 0 Å². The maximum atomic E-state index is 12.5. The lowest BCUT2D eigenvalue weighted by Crippen LogP contribution is -2.39. The minimum absolute atomic E-state index is 0.0706. The first-order valence-corrected chi connectivity index (χ1v) is 6.88. The van der Waals surface area contributed by atoms with Crippen molar-refractivity contribution in [2.75, 3.05) is 18.8 Å². The van der Waals surface area contributed by atoms with E-state index < -0.39 is 0 Å². The molecule has 1 saturated heterocycles. The summed E-state index contributed by atoms with van der Waals surface area (Å²) in [4.78, 5) is 21.8. The number of nitrogens with two attached hydrogens (primary N) is 1. The summed E-state index contributed by atoms with van der Waals surface area (Å²) in [7, 11) is 0. The van der Waals surface area contributed by atoms with Crippen molar-refractivity contribution in [3.63, 3.8) is 0 Å². The largest absolute Gasteiger partial charge is 0.399 e. The maximum Gasteiger partial charge on any atom is 0.253 e. The number of H-pyrrole nitrogens is 1. The van der Waals surface area contributed by atoms with Gasteiger partial charge in [-0.15, -0.1) is 0 Å². The number of nitrogens with zero attached hydrogens (tertiary/aromatic N) is 2. The smallest absolute Gasteiger partial charge is 0.253 e. The van der Waals surface area contributed by atoms with Crippen LogP contribution in [0.5, 0.6) is 0 Å². The van der Waals surface area contributed by atoms with E-state index in [1.165, 1.54) is 0 Å². The molecule has 5 nitrogen and oxygen atoms in total. The fraction of sp³-hybridized carbons (Fsp3) is 0.333. The minimum Gasteiger partial charge on any atom is -0.399 e. The number of nitrogens with one attached hydrogen (secondary N) is 1. The number of carbonyl (C=O) groups is 1. The Labute approximate surface area is 117 Å². The molecule has 20 heavy (non-hydrogen) atoms. The van der Waals surface area contributed by atoms with Gasteiger partial charge in [-0.05, 0) is 37.1 Å². The number of piperidine rings is 1. The van der Waals surface area contributed by atoms with Crippen LogP contribution in [0, 0.1) is 0 Å². The molecule has 1 aliphatic rings. The fourth-order valence-corrected chi connectivity index (χ4v) is 2.69. The van der Waals surface area contributed by atoms with Crippen molar-refractivity contribution >= 4 is 11.6 Å². The molecule has 1 aromatic heterocycles. The number of aromatic amines is 1. The third-order valence-corrected chi connectivity index (χ3v) is 3.77. The second-order valence-corrected chi connectivity index (χ2v) is 5.19. The number of hydrogen-bond acceptors (Lipinski definition) is 3. The average molecular weight is 270 g/mol. The summed E-state index contributed by atoms with van der Waals surface area (Å²) in [6, 6.07) is 7.10. The lowest BCUT2D eigenvalue weighted by atomic mass is 9.96. The molecule has 1 amide bonds. The molecule has 0 aliphatic carbocycles. The van der Waals surface area contributed by atoms with E-state index in [0.717, 1.165) is 31.8 Å². The minimum atomic E-state index is 0.0706. The normalized spacial score (nSPS) is 19.0. The van der Waals surface area contributed by atoms with Gasteiger partial charge in [0.25, 0.3) is 5.91 Å². The first kappa shape index (κ1) is 12.7. The van der Waals surface area contributed by atoms with Crippen LogP contribution < -0.4 is 5.73 Å². The van der Waals surface area contributed by atoms with Crippen molar-refractivity contribution in [1.29, 1.82) is 0 Å². The molecule has 0 spiro atoms. The Kier molecular flexibility index (Phi) is 3.41. The lowest BCUT2D eigenvalue weighted by Gasteiger charge is -2.32. The Morgan fingerprint density at radius 2 is 2.15 bits per heavy atom. The number of benzene rings is 1.